The zero-order valence-corrected chi connectivity index (χ0v) is 11.3. The molecule has 0 radical (unpaired) electrons. The van der Waals surface area contributed by atoms with Crippen LogP contribution in [0.25, 0.3) is 22.2 Å². The lowest BCUT2D eigenvalue weighted by Crippen LogP contribution is -2.00. The van der Waals surface area contributed by atoms with Crippen molar-refractivity contribution >= 4 is 28.7 Å². The Kier molecular flexibility index (Phi) is 3.16. The lowest BCUT2D eigenvalue weighted by atomic mass is 10.0. The molecule has 3 rings (SSSR count). The number of benzene rings is 1. The number of pyridine rings is 1. The van der Waals surface area contributed by atoms with E-state index in [0.717, 1.165) is 11.1 Å². The predicted octanol–water partition coefficient (Wildman–Crippen LogP) is 3.93. The summed E-state index contributed by atoms with van der Waals surface area (Å²) in [6, 6.07) is 8.81. The molecular weight excluding hydrogens is 278 g/mol. The first kappa shape index (κ1) is 12.7. The summed E-state index contributed by atoms with van der Waals surface area (Å²) in [5.41, 5.74) is 3.43. The SMILES string of the molecule is COC(=O)c1cccc(-c2coc3cc(Cl)cnc23)c1. The van der Waals surface area contributed by atoms with Crippen molar-refractivity contribution in [2.45, 2.75) is 0 Å². The van der Waals surface area contributed by atoms with Crippen LogP contribution in [0.4, 0.5) is 0 Å². The van der Waals surface area contributed by atoms with E-state index in [1.54, 1.807) is 36.7 Å². The molecule has 3 aromatic rings. The van der Waals surface area contributed by atoms with Gasteiger partial charge in [0.15, 0.2) is 5.58 Å². The molecule has 0 aliphatic heterocycles. The van der Waals surface area contributed by atoms with Crippen molar-refractivity contribution in [3.05, 3.63) is 53.4 Å². The number of hydrogen-bond donors (Lipinski definition) is 0. The summed E-state index contributed by atoms with van der Waals surface area (Å²) < 4.78 is 10.2. The molecule has 2 aromatic heterocycles. The topological polar surface area (TPSA) is 52.3 Å². The van der Waals surface area contributed by atoms with Crippen LogP contribution in [-0.2, 0) is 4.74 Å². The normalized spacial score (nSPS) is 10.7. The highest BCUT2D eigenvalue weighted by Crippen LogP contribution is 2.30. The molecule has 0 atom stereocenters. The molecule has 1 aromatic carbocycles. The minimum Gasteiger partial charge on any atom is -0.465 e. The zero-order valence-electron chi connectivity index (χ0n) is 10.6. The van der Waals surface area contributed by atoms with Gasteiger partial charge in [-0.2, -0.15) is 0 Å². The van der Waals surface area contributed by atoms with E-state index in [1.165, 1.54) is 7.11 Å². The van der Waals surface area contributed by atoms with Crippen molar-refractivity contribution in [1.82, 2.24) is 4.98 Å². The smallest absolute Gasteiger partial charge is 0.337 e. The van der Waals surface area contributed by atoms with E-state index < -0.39 is 0 Å². The summed E-state index contributed by atoms with van der Waals surface area (Å²) in [7, 11) is 1.35. The van der Waals surface area contributed by atoms with Crippen LogP contribution < -0.4 is 0 Å². The predicted molar refractivity (Wildman–Crippen MR) is 75.8 cm³/mol. The molecule has 5 heteroatoms. The first-order chi connectivity index (χ1) is 9.69. The number of carbonyl (C=O) groups excluding carboxylic acids is 1. The minimum atomic E-state index is -0.379. The molecule has 0 fully saturated rings. The van der Waals surface area contributed by atoms with Crippen molar-refractivity contribution in [2.75, 3.05) is 7.11 Å². The number of ether oxygens (including phenoxy) is 1. The molecule has 0 bridgehead atoms. The molecule has 100 valence electrons. The van der Waals surface area contributed by atoms with Crippen LogP contribution in [0.3, 0.4) is 0 Å². The summed E-state index contributed by atoms with van der Waals surface area (Å²) >= 11 is 5.88. The Morgan fingerprint density at radius 3 is 3.00 bits per heavy atom. The van der Waals surface area contributed by atoms with Crippen molar-refractivity contribution < 1.29 is 13.9 Å². The maximum atomic E-state index is 11.6. The van der Waals surface area contributed by atoms with Crippen LogP contribution in [0.1, 0.15) is 10.4 Å². The van der Waals surface area contributed by atoms with Crippen LogP contribution >= 0.6 is 11.6 Å². The van der Waals surface area contributed by atoms with Gasteiger partial charge in [0.05, 0.1) is 17.7 Å². The van der Waals surface area contributed by atoms with Crippen molar-refractivity contribution in [3.8, 4) is 11.1 Å². The van der Waals surface area contributed by atoms with Gasteiger partial charge in [0.25, 0.3) is 0 Å². The largest absolute Gasteiger partial charge is 0.465 e. The second kappa shape index (κ2) is 4.98. The van der Waals surface area contributed by atoms with Crippen LogP contribution in [0.15, 0.2) is 47.2 Å². The van der Waals surface area contributed by atoms with Gasteiger partial charge in [-0.25, -0.2) is 4.79 Å². The van der Waals surface area contributed by atoms with Crippen LogP contribution in [-0.4, -0.2) is 18.1 Å². The number of fused-ring (bicyclic) bond motifs is 1. The van der Waals surface area contributed by atoms with Gasteiger partial charge in [-0.15, -0.1) is 0 Å². The average molecular weight is 288 g/mol. The first-order valence-electron chi connectivity index (χ1n) is 5.90. The quantitative estimate of drug-likeness (QED) is 0.670. The molecule has 2 heterocycles. The van der Waals surface area contributed by atoms with E-state index >= 15 is 0 Å². The number of nitrogens with zero attached hydrogens (tertiary/aromatic N) is 1. The molecule has 0 saturated carbocycles. The number of rotatable bonds is 2. The highest BCUT2D eigenvalue weighted by Gasteiger charge is 2.12. The molecule has 0 saturated heterocycles. The molecular formula is C15H10ClNO3. The summed E-state index contributed by atoms with van der Waals surface area (Å²) in [5, 5.41) is 0.515. The fourth-order valence-electron chi connectivity index (χ4n) is 2.03. The summed E-state index contributed by atoms with van der Waals surface area (Å²) in [5.74, 6) is -0.379. The van der Waals surface area contributed by atoms with Gasteiger partial charge in [0.1, 0.15) is 11.8 Å². The van der Waals surface area contributed by atoms with Crippen molar-refractivity contribution in [3.63, 3.8) is 0 Å². The lowest BCUT2D eigenvalue weighted by Gasteiger charge is -2.02. The maximum Gasteiger partial charge on any atom is 0.337 e. The number of esters is 1. The van der Waals surface area contributed by atoms with E-state index in [0.29, 0.717) is 21.7 Å². The molecule has 0 aliphatic carbocycles. The highest BCUT2D eigenvalue weighted by atomic mass is 35.5. The number of aromatic nitrogens is 1. The van der Waals surface area contributed by atoms with Gasteiger partial charge < -0.3 is 9.15 Å². The highest BCUT2D eigenvalue weighted by molar-refractivity contribution is 6.31. The molecule has 0 amide bonds. The Labute approximate surface area is 119 Å². The second-order valence-corrected chi connectivity index (χ2v) is 4.66. The Morgan fingerprint density at radius 2 is 2.20 bits per heavy atom. The Hall–Kier alpha value is -2.33. The number of halogens is 1. The maximum absolute atomic E-state index is 11.6. The summed E-state index contributed by atoms with van der Waals surface area (Å²) in [6.07, 6.45) is 3.16. The fraction of sp³-hybridized carbons (Fsp3) is 0.0667. The molecule has 0 N–H and O–H groups in total. The number of methoxy groups -OCH3 is 1. The third kappa shape index (κ3) is 2.14. The van der Waals surface area contributed by atoms with E-state index in [9.17, 15) is 4.79 Å². The van der Waals surface area contributed by atoms with Crippen LogP contribution in [0.5, 0.6) is 0 Å². The van der Waals surface area contributed by atoms with Gasteiger partial charge in [0, 0.05) is 17.8 Å². The molecule has 4 nitrogen and oxygen atoms in total. The Bertz CT molecular complexity index is 795. The third-order valence-corrected chi connectivity index (χ3v) is 3.18. The fourth-order valence-corrected chi connectivity index (χ4v) is 2.18. The molecule has 20 heavy (non-hydrogen) atoms. The van der Waals surface area contributed by atoms with Crippen LogP contribution in [0.2, 0.25) is 5.02 Å². The minimum absolute atomic E-state index is 0.379. The third-order valence-electron chi connectivity index (χ3n) is 2.97. The van der Waals surface area contributed by atoms with E-state index in [-0.39, 0.29) is 5.97 Å². The molecule has 0 spiro atoms. The van der Waals surface area contributed by atoms with Gasteiger partial charge in [-0.3, -0.25) is 4.98 Å². The molecule has 0 unspecified atom stereocenters. The van der Waals surface area contributed by atoms with Gasteiger partial charge >= 0.3 is 5.97 Å². The van der Waals surface area contributed by atoms with Crippen LogP contribution in [0, 0.1) is 0 Å². The zero-order chi connectivity index (χ0) is 14.1. The number of hydrogen-bond acceptors (Lipinski definition) is 4. The number of carbonyl (C=O) groups is 1. The standard InChI is InChI=1S/C15H10ClNO3/c1-19-15(18)10-4-2-3-9(5-10)12-8-20-13-6-11(16)7-17-14(12)13/h2-8H,1H3. The monoisotopic (exact) mass is 287 g/mol. The average Bonchev–Trinajstić information content (AvgIpc) is 2.89. The lowest BCUT2D eigenvalue weighted by molar-refractivity contribution is 0.0601. The van der Waals surface area contributed by atoms with E-state index in [1.807, 2.05) is 6.07 Å². The van der Waals surface area contributed by atoms with E-state index in [4.69, 9.17) is 20.8 Å². The van der Waals surface area contributed by atoms with Gasteiger partial charge in [-0.1, -0.05) is 23.7 Å². The second-order valence-electron chi connectivity index (χ2n) is 4.22. The Balaban J connectivity index is 2.13. The Morgan fingerprint density at radius 1 is 1.35 bits per heavy atom. The van der Waals surface area contributed by atoms with Gasteiger partial charge in [-0.05, 0) is 17.7 Å². The van der Waals surface area contributed by atoms with E-state index in [2.05, 4.69) is 4.98 Å². The van der Waals surface area contributed by atoms with Crippen molar-refractivity contribution in [2.24, 2.45) is 0 Å². The molecule has 0 aliphatic rings. The van der Waals surface area contributed by atoms with Gasteiger partial charge in [0.2, 0.25) is 0 Å². The first-order valence-corrected chi connectivity index (χ1v) is 6.28. The number of furan rings is 1. The summed E-state index contributed by atoms with van der Waals surface area (Å²) in [4.78, 5) is 15.8. The summed E-state index contributed by atoms with van der Waals surface area (Å²) in [6.45, 7) is 0. The van der Waals surface area contributed by atoms with Crippen molar-refractivity contribution in [1.29, 1.82) is 0 Å².